The molecule has 7 nitrogen and oxygen atoms in total. The van der Waals surface area contributed by atoms with E-state index < -0.39 is 12.1 Å². The lowest BCUT2D eigenvalue weighted by molar-refractivity contribution is -0.143. The molecule has 4 aliphatic rings. The van der Waals surface area contributed by atoms with Crippen LogP contribution in [-0.2, 0) is 25.5 Å². The van der Waals surface area contributed by atoms with E-state index in [9.17, 15) is 14.7 Å². The minimum absolute atomic E-state index is 0.147. The Morgan fingerprint density at radius 2 is 1.97 bits per heavy atom. The highest BCUT2D eigenvalue weighted by molar-refractivity contribution is 6.17. The van der Waals surface area contributed by atoms with Gasteiger partial charge in [-0.15, -0.1) is 0 Å². The molecule has 0 radical (unpaired) electrons. The molecule has 7 heteroatoms. The smallest absolute Gasteiger partial charge is 0.339 e. The van der Waals surface area contributed by atoms with Gasteiger partial charge in [0.15, 0.2) is 5.78 Å². The van der Waals surface area contributed by atoms with Crippen molar-refractivity contribution in [3.63, 3.8) is 0 Å². The van der Waals surface area contributed by atoms with Crippen molar-refractivity contribution in [2.45, 2.75) is 58.5 Å². The molecule has 1 saturated carbocycles. The first-order valence-electron chi connectivity index (χ1n) is 13.1. The lowest BCUT2D eigenvalue weighted by Gasteiger charge is -2.48. The largest absolute Gasteiger partial charge is 0.493 e. The molecule has 2 heterocycles. The van der Waals surface area contributed by atoms with E-state index in [1.165, 1.54) is 0 Å². The molecule has 194 valence electrons. The van der Waals surface area contributed by atoms with Crippen LogP contribution in [0.3, 0.4) is 0 Å². The summed E-state index contributed by atoms with van der Waals surface area (Å²) in [5.74, 6) is 0.821. The molecule has 1 N–H and O–H groups in total. The molecular formula is C29H36O7. The number of Topliss-reactive ketones (excluding diaryl/α,β-unsaturated/α-hetero) is 1. The van der Waals surface area contributed by atoms with Gasteiger partial charge in [0, 0.05) is 38.2 Å². The van der Waals surface area contributed by atoms with Crippen LogP contribution in [0.4, 0.5) is 0 Å². The van der Waals surface area contributed by atoms with E-state index >= 15 is 0 Å². The summed E-state index contributed by atoms with van der Waals surface area (Å²) in [5, 5.41) is 9.90. The normalized spacial score (nSPS) is 26.4. The maximum absolute atomic E-state index is 12.9. The Kier molecular flexibility index (Phi) is 6.97. The van der Waals surface area contributed by atoms with E-state index in [0.29, 0.717) is 38.8 Å². The Hall–Kier alpha value is -2.64. The molecule has 0 aromatic heterocycles. The lowest BCUT2D eigenvalue weighted by atomic mass is 9.70. The summed E-state index contributed by atoms with van der Waals surface area (Å²) in [7, 11) is 1.68. The van der Waals surface area contributed by atoms with Gasteiger partial charge in [0.1, 0.15) is 23.2 Å². The zero-order valence-corrected chi connectivity index (χ0v) is 21.4. The molecule has 5 rings (SSSR count). The number of benzene rings is 1. The van der Waals surface area contributed by atoms with E-state index in [1.807, 2.05) is 6.07 Å². The number of rotatable bonds is 9. The Bertz CT molecular complexity index is 1110. The van der Waals surface area contributed by atoms with Gasteiger partial charge < -0.3 is 24.1 Å². The Balaban J connectivity index is 1.68. The minimum Gasteiger partial charge on any atom is -0.493 e. The van der Waals surface area contributed by atoms with Gasteiger partial charge in [0.25, 0.3) is 0 Å². The number of hydrogen-bond acceptors (Lipinski definition) is 6. The van der Waals surface area contributed by atoms with Gasteiger partial charge in [-0.2, -0.15) is 0 Å². The number of aliphatic carboxylic acids is 1. The minimum atomic E-state index is -1.18. The molecule has 0 bridgehead atoms. The molecule has 0 spiro atoms. The molecule has 1 aromatic carbocycles. The van der Waals surface area contributed by atoms with Crippen LogP contribution in [0.25, 0.3) is 5.57 Å². The molecule has 0 amide bonds. The number of aryl methyl sites for hydroxylation is 1. The fourth-order valence-electron chi connectivity index (χ4n) is 5.81. The molecule has 2 fully saturated rings. The van der Waals surface area contributed by atoms with Gasteiger partial charge >= 0.3 is 5.97 Å². The Morgan fingerprint density at radius 3 is 2.58 bits per heavy atom. The van der Waals surface area contributed by atoms with E-state index in [0.717, 1.165) is 59.5 Å². The van der Waals surface area contributed by atoms with Crippen LogP contribution in [-0.4, -0.2) is 56.5 Å². The molecule has 2 atom stereocenters. The van der Waals surface area contributed by atoms with E-state index in [-0.39, 0.29) is 29.1 Å². The fraction of sp³-hybridized carbons (Fsp3) is 0.586. The number of ether oxygens (including phenoxy) is 4. The molecular weight excluding hydrogens is 460 g/mol. The number of carboxylic acids is 1. The highest BCUT2D eigenvalue weighted by Gasteiger charge is 2.50. The van der Waals surface area contributed by atoms with Gasteiger partial charge in [0.2, 0.25) is 0 Å². The van der Waals surface area contributed by atoms with Crippen molar-refractivity contribution in [2.24, 2.45) is 17.3 Å². The molecule has 2 aliphatic carbocycles. The summed E-state index contributed by atoms with van der Waals surface area (Å²) in [5.41, 5.74) is 3.64. The summed E-state index contributed by atoms with van der Waals surface area (Å²) in [4.78, 5) is 25.0. The van der Waals surface area contributed by atoms with Crippen molar-refractivity contribution >= 4 is 17.3 Å². The van der Waals surface area contributed by atoms with Crippen LogP contribution in [0, 0.1) is 17.3 Å². The molecule has 1 aromatic rings. The summed E-state index contributed by atoms with van der Waals surface area (Å²) < 4.78 is 23.6. The Labute approximate surface area is 212 Å². The third-order valence-corrected chi connectivity index (χ3v) is 7.99. The summed E-state index contributed by atoms with van der Waals surface area (Å²) in [6.45, 7) is 6.46. The summed E-state index contributed by atoms with van der Waals surface area (Å²) in [6, 6.07) is 4.18. The first-order valence-corrected chi connectivity index (χ1v) is 13.1. The monoisotopic (exact) mass is 496 g/mol. The van der Waals surface area contributed by atoms with Crippen LogP contribution in [0.15, 0.2) is 29.4 Å². The second-order valence-electron chi connectivity index (χ2n) is 10.8. The van der Waals surface area contributed by atoms with E-state index in [2.05, 4.69) is 19.9 Å². The van der Waals surface area contributed by atoms with E-state index in [4.69, 9.17) is 18.9 Å². The number of carbonyl (C=O) groups excluding carboxylic acids is 1. The van der Waals surface area contributed by atoms with Crippen LogP contribution in [0.5, 0.6) is 11.5 Å². The van der Waals surface area contributed by atoms with Crippen LogP contribution in [0.1, 0.15) is 57.1 Å². The number of carboxylic acid groups (broad SMARTS) is 1. The Morgan fingerprint density at radius 1 is 1.19 bits per heavy atom. The van der Waals surface area contributed by atoms with Gasteiger partial charge in [-0.25, -0.2) is 4.79 Å². The SMILES string of the molecule is CCc1cc2c(cc1OCCCOC)OC(C1(C)COC1)C1=C2C(C2CC2)CCC(=O)/C(C(=O)O)=C\1. The number of ketones is 1. The average Bonchev–Trinajstić information content (AvgIpc) is 3.67. The summed E-state index contributed by atoms with van der Waals surface area (Å²) in [6.07, 6.45) is 5.98. The molecule has 2 aliphatic heterocycles. The highest BCUT2D eigenvalue weighted by Crippen LogP contribution is 2.55. The quantitative estimate of drug-likeness (QED) is 0.394. The topological polar surface area (TPSA) is 91.3 Å². The van der Waals surface area contributed by atoms with Gasteiger partial charge in [-0.1, -0.05) is 13.8 Å². The van der Waals surface area contributed by atoms with Gasteiger partial charge in [-0.3, -0.25) is 4.79 Å². The zero-order valence-electron chi connectivity index (χ0n) is 21.4. The van der Waals surface area contributed by atoms with Gasteiger partial charge in [-0.05, 0) is 66.4 Å². The van der Waals surface area contributed by atoms with Crippen LogP contribution >= 0.6 is 0 Å². The number of allylic oxidation sites excluding steroid dienone is 1. The number of fused-ring (bicyclic) bond motifs is 2. The third kappa shape index (κ3) is 4.59. The van der Waals surface area contributed by atoms with Crippen LogP contribution in [0.2, 0.25) is 0 Å². The fourth-order valence-corrected chi connectivity index (χ4v) is 5.81. The predicted molar refractivity (Wildman–Crippen MR) is 134 cm³/mol. The second kappa shape index (κ2) is 10.0. The van der Waals surface area contributed by atoms with Crippen molar-refractivity contribution in [3.8, 4) is 11.5 Å². The van der Waals surface area contributed by atoms with Gasteiger partial charge in [0.05, 0.1) is 25.2 Å². The molecule has 36 heavy (non-hydrogen) atoms. The third-order valence-electron chi connectivity index (χ3n) is 7.99. The first kappa shape index (κ1) is 25.0. The van der Waals surface area contributed by atoms with Crippen molar-refractivity contribution < 1.29 is 33.6 Å². The van der Waals surface area contributed by atoms with E-state index in [1.54, 1.807) is 13.2 Å². The second-order valence-corrected chi connectivity index (χ2v) is 10.8. The molecule has 2 unspecified atom stereocenters. The highest BCUT2D eigenvalue weighted by atomic mass is 16.5. The van der Waals surface area contributed by atoms with Crippen molar-refractivity contribution in [2.75, 3.05) is 33.5 Å². The summed E-state index contributed by atoms with van der Waals surface area (Å²) >= 11 is 0. The standard InChI is InChI=1S/C29H36O7/c1-4-17-12-21-25(14-24(17)35-11-5-10-33-3)36-27(29(2)15-34-16-29)22-13-20(28(31)32)23(30)9-8-19(26(21)22)18-6-7-18/h12-14,18-19,27H,4-11,15-16H2,1-3H3,(H,31,32)/b20-13+. The lowest BCUT2D eigenvalue weighted by Crippen LogP contribution is -2.53. The number of hydrogen-bond donors (Lipinski definition) is 1. The maximum atomic E-state index is 12.9. The number of methoxy groups -OCH3 is 1. The van der Waals surface area contributed by atoms with Crippen molar-refractivity contribution in [1.82, 2.24) is 0 Å². The van der Waals surface area contributed by atoms with Crippen LogP contribution < -0.4 is 9.47 Å². The first-order chi connectivity index (χ1) is 17.4. The predicted octanol–water partition coefficient (Wildman–Crippen LogP) is 4.62. The van der Waals surface area contributed by atoms with Crippen molar-refractivity contribution in [1.29, 1.82) is 0 Å². The average molecular weight is 497 g/mol. The molecule has 1 saturated heterocycles. The number of carbonyl (C=O) groups is 2. The van der Waals surface area contributed by atoms with Crippen molar-refractivity contribution in [3.05, 3.63) is 40.5 Å². The zero-order chi connectivity index (χ0) is 25.4. The maximum Gasteiger partial charge on any atom is 0.339 e.